The lowest BCUT2D eigenvalue weighted by Crippen LogP contribution is -2.43. The van der Waals surface area contributed by atoms with E-state index in [0.717, 1.165) is 12.1 Å². The van der Waals surface area contributed by atoms with Crippen molar-refractivity contribution in [3.8, 4) is 0 Å². The summed E-state index contributed by atoms with van der Waals surface area (Å²) in [6, 6.07) is 1.61. The Balaban J connectivity index is 1.79. The summed E-state index contributed by atoms with van der Waals surface area (Å²) in [5.74, 6) is 5.36. The first-order valence-electron chi connectivity index (χ1n) is 6.33. The van der Waals surface area contributed by atoms with Crippen LogP contribution in [-0.2, 0) is 0 Å². The number of likely N-dealkylation sites (tertiary alicyclic amines) is 1. The van der Waals surface area contributed by atoms with Crippen LogP contribution in [-0.4, -0.2) is 72.1 Å². The van der Waals surface area contributed by atoms with E-state index in [0.29, 0.717) is 0 Å². The largest absolute Gasteiger partial charge is 0.302 e. The molecule has 0 aromatic heterocycles. The maximum atomic E-state index is 2.61. The number of thioether (sulfide) groups is 2. The average Bonchev–Trinajstić information content (AvgIpc) is 2.57. The highest BCUT2D eigenvalue weighted by Gasteiger charge is 2.25. The molecule has 0 aromatic rings. The van der Waals surface area contributed by atoms with Crippen LogP contribution >= 0.6 is 23.5 Å². The lowest BCUT2D eigenvalue weighted by atomic mass is 10.2. The molecule has 0 saturated carbocycles. The zero-order valence-corrected chi connectivity index (χ0v) is 12.2. The minimum absolute atomic E-state index is 0.798. The van der Waals surface area contributed by atoms with E-state index in [1.54, 1.807) is 0 Å². The minimum atomic E-state index is 0.798. The molecule has 2 fully saturated rings. The first-order valence-corrected chi connectivity index (χ1v) is 8.64. The number of nitrogens with zero attached hydrogens (tertiary/aromatic N) is 2. The van der Waals surface area contributed by atoms with Gasteiger partial charge in [0.05, 0.1) is 0 Å². The molecule has 2 heterocycles. The summed E-state index contributed by atoms with van der Waals surface area (Å²) in [5, 5.41) is 0. The highest BCUT2D eigenvalue weighted by Crippen LogP contribution is 2.22. The highest BCUT2D eigenvalue weighted by molar-refractivity contribution is 8.03. The van der Waals surface area contributed by atoms with E-state index in [1.165, 1.54) is 48.9 Å². The molecule has 94 valence electrons. The van der Waals surface area contributed by atoms with Crippen molar-refractivity contribution in [1.29, 1.82) is 0 Å². The molecule has 2 nitrogen and oxygen atoms in total. The number of rotatable bonds is 3. The molecule has 0 bridgehead atoms. The van der Waals surface area contributed by atoms with E-state index in [-0.39, 0.29) is 0 Å². The van der Waals surface area contributed by atoms with E-state index in [9.17, 15) is 0 Å². The smallest absolute Gasteiger partial charge is 0.0274 e. The second-order valence-corrected chi connectivity index (χ2v) is 7.32. The third kappa shape index (κ3) is 3.56. The van der Waals surface area contributed by atoms with Gasteiger partial charge in [-0.05, 0) is 33.5 Å². The maximum absolute atomic E-state index is 2.61. The van der Waals surface area contributed by atoms with E-state index in [4.69, 9.17) is 0 Å². The van der Waals surface area contributed by atoms with Gasteiger partial charge < -0.3 is 9.80 Å². The fourth-order valence-corrected chi connectivity index (χ4v) is 5.26. The van der Waals surface area contributed by atoms with Crippen LogP contribution in [0.3, 0.4) is 0 Å². The van der Waals surface area contributed by atoms with Crippen molar-refractivity contribution in [2.24, 2.45) is 0 Å². The molecule has 2 aliphatic heterocycles. The van der Waals surface area contributed by atoms with Crippen LogP contribution in [0.25, 0.3) is 0 Å². The van der Waals surface area contributed by atoms with Gasteiger partial charge in [-0.1, -0.05) is 0 Å². The van der Waals surface area contributed by atoms with Gasteiger partial charge in [0.15, 0.2) is 0 Å². The molecule has 0 aromatic carbocycles. The van der Waals surface area contributed by atoms with Gasteiger partial charge in [0, 0.05) is 41.6 Å². The lowest BCUT2D eigenvalue weighted by molar-refractivity contribution is 0.196. The molecule has 0 amide bonds. The summed E-state index contributed by atoms with van der Waals surface area (Å²) in [7, 11) is 4.60. The summed E-state index contributed by atoms with van der Waals surface area (Å²) in [5.41, 5.74) is 0. The van der Waals surface area contributed by atoms with Crippen LogP contribution in [0.5, 0.6) is 0 Å². The van der Waals surface area contributed by atoms with Gasteiger partial charge in [0.1, 0.15) is 0 Å². The first-order chi connectivity index (χ1) is 7.77. The molecule has 1 atom stereocenters. The third-order valence-electron chi connectivity index (χ3n) is 3.79. The van der Waals surface area contributed by atoms with Gasteiger partial charge in [-0.3, -0.25) is 0 Å². The van der Waals surface area contributed by atoms with Crippen LogP contribution in [0.15, 0.2) is 0 Å². The first kappa shape index (κ1) is 13.1. The van der Waals surface area contributed by atoms with Crippen LogP contribution in [0.4, 0.5) is 0 Å². The summed E-state index contributed by atoms with van der Waals surface area (Å²) < 4.78 is 0. The van der Waals surface area contributed by atoms with Gasteiger partial charge in [0.2, 0.25) is 0 Å². The molecule has 0 spiro atoms. The fraction of sp³-hybridized carbons (Fsp3) is 1.00. The Hall–Kier alpha value is 0.620. The summed E-state index contributed by atoms with van der Waals surface area (Å²) in [4.78, 5) is 5.14. The summed E-state index contributed by atoms with van der Waals surface area (Å²) >= 11 is 4.27. The molecular weight excluding hydrogens is 236 g/mol. The monoisotopic (exact) mass is 260 g/mol. The molecular formula is C12H24N2S2. The van der Waals surface area contributed by atoms with Gasteiger partial charge in [-0.2, -0.15) is 23.5 Å². The maximum Gasteiger partial charge on any atom is 0.0274 e. The normalized spacial score (nSPS) is 29.8. The van der Waals surface area contributed by atoms with Gasteiger partial charge in [-0.15, -0.1) is 0 Å². The van der Waals surface area contributed by atoms with Gasteiger partial charge in [-0.25, -0.2) is 0 Å². The SMILES string of the molecule is CN(C[C@@H]1CCCN1C)C1CSCCSC1. The predicted molar refractivity (Wildman–Crippen MR) is 76.7 cm³/mol. The number of hydrogen-bond donors (Lipinski definition) is 0. The van der Waals surface area contributed by atoms with Crippen molar-refractivity contribution < 1.29 is 0 Å². The standard InChI is InChI=1S/C12H24N2S2/c1-13-5-3-4-11(13)8-14(2)12-9-15-6-7-16-10-12/h11-12H,3-10H2,1-2H3/t11-/m0/s1. The minimum Gasteiger partial charge on any atom is -0.302 e. The fourth-order valence-electron chi connectivity index (χ4n) is 2.55. The van der Waals surface area contributed by atoms with Crippen molar-refractivity contribution in [1.82, 2.24) is 9.80 Å². The van der Waals surface area contributed by atoms with E-state index >= 15 is 0 Å². The summed E-state index contributed by atoms with van der Waals surface area (Å²) in [6.45, 7) is 2.56. The second-order valence-electron chi connectivity index (χ2n) is 5.02. The number of likely N-dealkylation sites (N-methyl/N-ethyl adjacent to an activating group) is 2. The van der Waals surface area contributed by atoms with Crippen molar-refractivity contribution in [2.45, 2.75) is 24.9 Å². The zero-order valence-electron chi connectivity index (χ0n) is 10.5. The molecule has 0 aliphatic carbocycles. The van der Waals surface area contributed by atoms with Gasteiger partial charge in [0.25, 0.3) is 0 Å². The molecule has 4 heteroatoms. The van der Waals surface area contributed by atoms with Crippen molar-refractivity contribution in [3.05, 3.63) is 0 Å². The second kappa shape index (κ2) is 6.53. The highest BCUT2D eigenvalue weighted by atomic mass is 32.2. The van der Waals surface area contributed by atoms with Crippen LogP contribution in [0, 0.1) is 0 Å². The van der Waals surface area contributed by atoms with Crippen LogP contribution < -0.4 is 0 Å². The molecule has 2 aliphatic rings. The van der Waals surface area contributed by atoms with Crippen LogP contribution in [0.2, 0.25) is 0 Å². The van der Waals surface area contributed by atoms with Crippen LogP contribution in [0.1, 0.15) is 12.8 Å². The average molecular weight is 260 g/mol. The predicted octanol–water partition coefficient (Wildman–Crippen LogP) is 1.86. The third-order valence-corrected chi connectivity index (χ3v) is 6.27. The lowest BCUT2D eigenvalue weighted by Gasteiger charge is -2.31. The molecule has 0 N–H and O–H groups in total. The Bertz CT molecular complexity index is 205. The Morgan fingerprint density at radius 1 is 1.25 bits per heavy atom. The summed E-state index contributed by atoms with van der Waals surface area (Å²) in [6.07, 6.45) is 2.79. The Morgan fingerprint density at radius 3 is 2.50 bits per heavy atom. The van der Waals surface area contributed by atoms with Crippen molar-refractivity contribution >= 4 is 23.5 Å². The Kier molecular flexibility index (Phi) is 5.33. The molecule has 16 heavy (non-hydrogen) atoms. The van der Waals surface area contributed by atoms with Gasteiger partial charge >= 0.3 is 0 Å². The van der Waals surface area contributed by atoms with E-state index in [1.807, 2.05) is 0 Å². The zero-order chi connectivity index (χ0) is 11.4. The molecule has 2 rings (SSSR count). The van der Waals surface area contributed by atoms with E-state index < -0.39 is 0 Å². The molecule has 2 saturated heterocycles. The Morgan fingerprint density at radius 2 is 1.94 bits per heavy atom. The topological polar surface area (TPSA) is 6.48 Å². The quantitative estimate of drug-likeness (QED) is 0.764. The van der Waals surface area contributed by atoms with Crippen molar-refractivity contribution in [3.63, 3.8) is 0 Å². The molecule has 0 radical (unpaired) electrons. The molecule has 0 unspecified atom stereocenters. The van der Waals surface area contributed by atoms with Crippen molar-refractivity contribution in [2.75, 3.05) is 50.2 Å². The van der Waals surface area contributed by atoms with E-state index in [2.05, 4.69) is 47.4 Å². The Labute approximate surface area is 109 Å². The number of hydrogen-bond acceptors (Lipinski definition) is 4.